The lowest BCUT2D eigenvalue weighted by molar-refractivity contribution is 0.102. The zero-order valence-corrected chi connectivity index (χ0v) is 11.5. The third-order valence-corrected chi connectivity index (χ3v) is 2.94. The minimum Gasteiger partial charge on any atom is -0.506 e. The van der Waals surface area contributed by atoms with Crippen LogP contribution in [0.15, 0.2) is 24.3 Å². The summed E-state index contributed by atoms with van der Waals surface area (Å²) in [5.41, 5.74) is 0.489. The van der Waals surface area contributed by atoms with Gasteiger partial charge in [0, 0.05) is 5.69 Å². The van der Waals surface area contributed by atoms with E-state index in [-0.39, 0.29) is 26.6 Å². The number of aromatic hydroxyl groups is 1. The van der Waals surface area contributed by atoms with E-state index in [2.05, 4.69) is 15.5 Å². The number of phenols is 1. The summed E-state index contributed by atoms with van der Waals surface area (Å²) in [4.78, 5) is 12.0. The summed E-state index contributed by atoms with van der Waals surface area (Å²) >= 11 is 17.1. The lowest BCUT2D eigenvalue weighted by Gasteiger charge is -2.07. The molecule has 0 atom stereocenters. The highest BCUT2D eigenvalue weighted by Gasteiger charge is 2.14. The fourth-order valence-electron chi connectivity index (χ4n) is 1.30. The van der Waals surface area contributed by atoms with Crippen molar-refractivity contribution in [1.82, 2.24) is 10.2 Å². The van der Waals surface area contributed by atoms with Crippen molar-refractivity contribution < 1.29 is 9.90 Å². The van der Waals surface area contributed by atoms with Gasteiger partial charge in [0.25, 0.3) is 5.91 Å². The van der Waals surface area contributed by atoms with Gasteiger partial charge in [-0.2, -0.15) is 0 Å². The first kappa shape index (κ1) is 13.9. The number of anilines is 1. The molecule has 2 N–H and O–H groups in total. The van der Waals surface area contributed by atoms with Gasteiger partial charge in [-0.05, 0) is 24.3 Å². The normalized spacial score (nSPS) is 10.3. The van der Waals surface area contributed by atoms with Gasteiger partial charge in [0.05, 0.1) is 10.6 Å². The number of hydrogen-bond acceptors (Lipinski definition) is 4. The maximum Gasteiger partial charge on any atom is 0.258 e. The monoisotopic (exact) mass is 317 g/mol. The van der Waals surface area contributed by atoms with E-state index in [4.69, 9.17) is 34.8 Å². The molecule has 1 aromatic heterocycles. The Hall–Kier alpha value is -1.56. The number of phenolic OH excluding ortho intramolecular Hbond substituents is 1. The van der Waals surface area contributed by atoms with Crippen molar-refractivity contribution in [2.24, 2.45) is 0 Å². The SMILES string of the molecule is O=C(Nc1ccc(O)c(Cl)c1)c1cc(Cl)nnc1Cl. The van der Waals surface area contributed by atoms with Crippen molar-refractivity contribution >= 4 is 46.4 Å². The summed E-state index contributed by atoms with van der Waals surface area (Å²) in [5.74, 6) is -0.588. The van der Waals surface area contributed by atoms with Gasteiger partial charge in [-0.1, -0.05) is 34.8 Å². The van der Waals surface area contributed by atoms with Gasteiger partial charge < -0.3 is 10.4 Å². The first-order chi connectivity index (χ1) is 8.97. The minimum absolute atomic E-state index is 0.0540. The molecule has 0 aliphatic rings. The Balaban J connectivity index is 2.25. The van der Waals surface area contributed by atoms with Crippen LogP contribution in [0.4, 0.5) is 5.69 Å². The number of hydrogen-bond donors (Lipinski definition) is 2. The Morgan fingerprint density at radius 2 is 1.89 bits per heavy atom. The highest BCUT2D eigenvalue weighted by Crippen LogP contribution is 2.26. The number of amides is 1. The molecule has 19 heavy (non-hydrogen) atoms. The van der Waals surface area contributed by atoms with Gasteiger partial charge in [-0.15, -0.1) is 10.2 Å². The smallest absolute Gasteiger partial charge is 0.258 e. The van der Waals surface area contributed by atoms with Crippen LogP contribution in [-0.2, 0) is 0 Å². The van der Waals surface area contributed by atoms with Crippen LogP contribution in [0.25, 0.3) is 0 Å². The fourth-order valence-corrected chi connectivity index (χ4v) is 1.80. The summed E-state index contributed by atoms with van der Waals surface area (Å²) in [6.07, 6.45) is 0. The molecular formula is C11H6Cl3N3O2. The Morgan fingerprint density at radius 3 is 2.58 bits per heavy atom. The third kappa shape index (κ3) is 3.26. The van der Waals surface area contributed by atoms with Gasteiger partial charge in [-0.3, -0.25) is 4.79 Å². The van der Waals surface area contributed by atoms with Crippen LogP contribution in [0.5, 0.6) is 5.75 Å². The molecule has 0 saturated heterocycles. The van der Waals surface area contributed by atoms with Crippen LogP contribution in [0.1, 0.15) is 10.4 Å². The average molecular weight is 319 g/mol. The molecule has 5 nitrogen and oxygen atoms in total. The number of nitrogens with zero attached hydrogens (tertiary/aromatic N) is 2. The molecule has 0 radical (unpaired) electrons. The van der Waals surface area contributed by atoms with Gasteiger partial charge in [0.15, 0.2) is 10.3 Å². The maximum atomic E-state index is 12.0. The zero-order chi connectivity index (χ0) is 14.0. The number of carbonyl (C=O) groups is 1. The fraction of sp³-hybridized carbons (Fsp3) is 0. The summed E-state index contributed by atoms with van der Waals surface area (Å²) < 4.78 is 0. The number of rotatable bonds is 2. The van der Waals surface area contributed by atoms with Crippen molar-refractivity contribution in [2.75, 3.05) is 5.32 Å². The first-order valence-corrected chi connectivity index (χ1v) is 6.09. The molecule has 0 unspecified atom stereocenters. The Labute approximate surface area is 123 Å². The molecule has 0 aliphatic carbocycles. The van der Waals surface area contributed by atoms with Crippen LogP contribution in [-0.4, -0.2) is 21.2 Å². The van der Waals surface area contributed by atoms with Crippen molar-refractivity contribution in [3.63, 3.8) is 0 Å². The molecule has 2 aromatic rings. The predicted molar refractivity (Wildman–Crippen MR) is 73.1 cm³/mol. The topological polar surface area (TPSA) is 75.1 Å². The van der Waals surface area contributed by atoms with Crippen LogP contribution in [0.3, 0.4) is 0 Å². The molecule has 0 spiro atoms. The van der Waals surface area contributed by atoms with Crippen molar-refractivity contribution in [3.8, 4) is 5.75 Å². The van der Waals surface area contributed by atoms with Crippen LogP contribution in [0, 0.1) is 0 Å². The zero-order valence-electron chi connectivity index (χ0n) is 9.19. The number of halogens is 3. The third-order valence-electron chi connectivity index (χ3n) is 2.17. The van der Waals surface area contributed by atoms with E-state index in [9.17, 15) is 9.90 Å². The lowest BCUT2D eigenvalue weighted by Crippen LogP contribution is -2.13. The largest absolute Gasteiger partial charge is 0.506 e. The molecule has 1 amide bonds. The Bertz CT molecular complexity index is 649. The number of aromatic nitrogens is 2. The summed E-state index contributed by atoms with van der Waals surface area (Å²) in [5, 5.41) is 19.0. The second-order valence-corrected chi connectivity index (χ2v) is 4.64. The van der Waals surface area contributed by atoms with Gasteiger partial charge in [0.1, 0.15) is 5.75 Å². The number of nitrogens with one attached hydrogen (secondary N) is 1. The molecule has 0 bridgehead atoms. The maximum absolute atomic E-state index is 12.0. The highest BCUT2D eigenvalue weighted by atomic mass is 35.5. The van der Waals surface area contributed by atoms with Gasteiger partial charge >= 0.3 is 0 Å². The van der Waals surface area contributed by atoms with E-state index < -0.39 is 5.91 Å². The number of benzene rings is 1. The Kier molecular flexibility index (Phi) is 4.09. The molecule has 0 fully saturated rings. The second-order valence-electron chi connectivity index (χ2n) is 3.49. The average Bonchev–Trinajstić information content (AvgIpc) is 2.36. The Morgan fingerprint density at radius 1 is 1.16 bits per heavy atom. The van der Waals surface area contributed by atoms with E-state index in [1.54, 1.807) is 0 Å². The van der Waals surface area contributed by atoms with Crippen molar-refractivity contribution in [1.29, 1.82) is 0 Å². The van der Waals surface area contributed by atoms with Crippen LogP contribution < -0.4 is 5.32 Å². The molecule has 0 saturated carbocycles. The standard InChI is InChI=1S/C11H6Cl3N3O2/c12-7-3-5(1-2-8(7)18)15-11(19)6-4-9(13)16-17-10(6)14/h1-4,18H,(H,15,19). The van der Waals surface area contributed by atoms with Crippen molar-refractivity contribution in [3.05, 3.63) is 45.2 Å². The molecule has 1 aromatic carbocycles. The van der Waals surface area contributed by atoms with E-state index >= 15 is 0 Å². The second kappa shape index (κ2) is 5.61. The van der Waals surface area contributed by atoms with Crippen molar-refractivity contribution in [2.45, 2.75) is 0 Å². The molecule has 0 aliphatic heterocycles. The number of carbonyl (C=O) groups excluding carboxylic acids is 1. The van der Waals surface area contributed by atoms with Gasteiger partial charge in [0.2, 0.25) is 0 Å². The molecule has 8 heteroatoms. The van der Waals surface area contributed by atoms with Gasteiger partial charge in [-0.25, -0.2) is 0 Å². The molecular weight excluding hydrogens is 312 g/mol. The van der Waals surface area contributed by atoms with E-state index in [1.165, 1.54) is 24.3 Å². The molecule has 2 rings (SSSR count). The van der Waals surface area contributed by atoms with Crippen LogP contribution >= 0.6 is 34.8 Å². The predicted octanol–water partition coefficient (Wildman–Crippen LogP) is 3.39. The van der Waals surface area contributed by atoms with E-state index in [1.807, 2.05) is 0 Å². The van der Waals surface area contributed by atoms with E-state index in [0.29, 0.717) is 5.69 Å². The molecule has 1 heterocycles. The summed E-state index contributed by atoms with van der Waals surface area (Å²) in [6, 6.07) is 5.55. The first-order valence-electron chi connectivity index (χ1n) is 4.96. The minimum atomic E-state index is -0.511. The molecule has 98 valence electrons. The lowest BCUT2D eigenvalue weighted by atomic mass is 10.2. The van der Waals surface area contributed by atoms with E-state index in [0.717, 1.165) is 0 Å². The summed E-state index contributed by atoms with van der Waals surface area (Å²) in [6.45, 7) is 0. The van der Waals surface area contributed by atoms with Crippen LogP contribution in [0.2, 0.25) is 15.3 Å². The highest BCUT2D eigenvalue weighted by molar-refractivity contribution is 6.35. The quantitative estimate of drug-likeness (QED) is 0.832. The summed E-state index contributed by atoms with van der Waals surface area (Å²) in [7, 11) is 0.